The van der Waals surface area contributed by atoms with Crippen LogP contribution in [0.25, 0.3) is 0 Å². The number of carbonyl (C=O) groups excluding carboxylic acids is 1. The molecule has 0 N–H and O–H groups in total. The summed E-state index contributed by atoms with van der Waals surface area (Å²) in [5.74, 6) is 3.14. The van der Waals surface area contributed by atoms with Gasteiger partial charge in [-0.15, -0.1) is 0 Å². The molecule has 1 saturated carbocycles. The van der Waals surface area contributed by atoms with Gasteiger partial charge in [0.1, 0.15) is 0 Å². The van der Waals surface area contributed by atoms with Crippen molar-refractivity contribution in [3.8, 4) is 0 Å². The minimum Gasteiger partial charge on any atom is -0.342 e. The van der Waals surface area contributed by atoms with Crippen LogP contribution in [0.2, 0.25) is 0 Å². The standard InChI is InChI=1S/C18H31NO/c1-4-11-19(18(20)14(3)5-2)13-16-12-17(16)15-9-7-6-8-10-15/h6-7,14-17H,4-5,8-13H2,1-3H3. The third kappa shape index (κ3) is 3.86. The van der Waals surface area contributed by atoms with Crippen molar-refractivity contribution in [3.63, 3.8) is 0 Å². The Morgan fingerprint density at radius 1 is 1.35 bits per heavy atom. The van der Waals surface area contributed by atoms with Crippen LogP contribution in [0.1, 0.15) is 59.3 Å². The van der Waals surface area contributed by atoms with E-state index in [9.17, 15) is 4.79 Å². The second-order valence-electron chi connectivity index (χ2n) is 6.80. The van der Waals surface area contributed by atoms with Crippen molar-refractivity contribution in [2.75, 3.05) is 13.1 Å². The number of nitrogens with zero attached hydrogens (tertiary/aromatic N) is 1. The number of allylic oxidation sites excluding steroid dienone is 2. The summed E-state index contributed by atoms with van der Waals surface area (Å²) in [7, 11) is 0. The Labute approximate surface area is 124 Å². The van der Waals surface area contributed by atoms with Gasteiger partial charge < -0.3 is 4.90 Å². The summed E-state index contributed by atoms with van der Waals surface area (Å²) in [5.41, 5.74) is 0. The lowest BCUT2D eigenvalue weighted by Crippen LogP contribution is -2.37. The summed E-state index contributed by atoms with van der Waals surface area (Å²) < 4.78 is 0. The summed E-state index contributed by atoms with van der Waals surface area (Å²) in [5, 5.41) is 0. The topological polar surface area (TPSA) is 20.3 Å². The lowest BCUT2D eigenvalue weighted by atomic mass is 9.89. The molecular formula is C18H31NO. The SMILES string of the molecule is CCCN(CC1CC1C1CC=CCC1)C(=O)C(C)CC. The minimum absolute atomic E-state index is 0.191. The van der Waals surface area contributed by atoms with E-state index in [0.29, 0.717) is 5.91 Å². The number of rotatable bonds is 7. The van der Waals surface area contributed by atoms with Crippen molar-refractivity contribution >= 4 is 5.91 Å². The smallest absolute Gasteiger partial charge is 0.225 e. The second-order valence-corrected chi connectivity index (χ2v) is 6.80. The first-order valence-electron chi connectivity index (χ1n) is 8.61. The third-order valence-corrected chi connectivity index (χ3v) is 5.19. The molecule has 0 bridgehead atoms. The largest absolute Gasteiger partial charge is 0.342 e. The molecule has 0 aromatic carbocycles. The molecular weight excluding hydrogens is 246 g/mol. The van der Waals surface area contributed by atoms with Crippen LogP contribution < -0.4 is 0 Å². The minimum atomic E-state index is 0.191. The van der Waals surface area contributed by atoms with Gasteiger partial charge in [0.15, 0.2) is 0 Å². The first-order chi connectivity index (χ1) is 9.67. The summed E-state index contributed by atoms with van der Waals surface area (Å²) >= 11 is 0. The molecule has 20 heavy (non-hydrogen) atoms. The van der Waals surface area contributed by atoms with Gasteiger partial charge in [-0.05, 0) is 56.3 Å². The molecule has 4 atom stereocenters. The summed E-state index contributed by atoms with van der Waals surface area (Å²) in [6, 6.07) is 0. The van der Waals surface area contributed by atoms with Crippen LogP contribution in [0, 0.1) is 23.7 Å². The zero-order valence-electron chi connectivity index (χ0n) is 13.5. The predicted molar refractivity (Wildman–Crippen MR) is 84.4 cm³/mol. The number of amides is 1. The van der Waals surface area contributed by atoms with E-state index in [1.54, 1.807) is 0 Å². The van der Waals surface area contributed by atoms with E-state index in [1.807, 2.05) is 0 Å². The van der Waals surface area contributed by atoms with Gasteiger partial charge in [-0.3, -0.25) is 4.79 Å². The van der Waals surface area contributed by atoms with Gasteiger partial charge in [-0.2, -0.15) is 0 Å². The van der Waals surface area contributed by atoms with E-state index in [-0.39, 0.29) is 5.92 Å². The van der Waals surface area contributed by atoms with Gasteiger partial charge in [-0.1, -0.05) is 32.9 Å². The molecule has 2 aliphatic carbocycles. The Bertz CT molecular complexity index is 349. The average Bonchev–Trinajstić information content (AvgIpc) is 3.25. The lowest BCUT2D eigenvalue weighted by Gasteiger charge is -2.26. The first-order valence-corrected chi connectivity index (χ1v) is 8.61. The van der Waals surface area contributed by atoms with Crippen LogP contribution in [-0.4, -0.2) is 23.9 Å². The fourth-order valence-corrected chi connectivity index (χ4v) is 3.59. The predicted octanol–water partition coefficient (Wildman–Crippen LogP) is 4.26. The molecule has 0 aromatic heterocycles. The monoisotopic (exact) mass is 277 g/mol. The van der Waals surface area contributed by atoms with E-state index in [0.717, 1.165) is 43.7 Å². The maximum atomic E-state index is 12.4. The van der Waals surface area contributed by atoms with Crippen molar-refractivity contribution < 1.29 is 4.79 Å². The Kier molecular flexibility index (Phi) is 5.68. The molecule has 0 aromatic rings. The van der Waals surface area contributed by atoms with Crippen LogP contribution >= 0.6 is 0 Å². The van der Waals surface area contributed by atoms with Crippen molar-refractivity contribution in [3.05, 3.63) is 12.2 Å². The van der Waals surface area contributed by atoms with Gasteiger partial charge in [-0.25, -0.2) is 0 Å². The highest BCUT2D eigenvalue weighted by molar-refractivity contribution is 5.78. The fraction of sp³-hybridized carbons (Fsp3) is 0.833. The number of hydrogen-bond acceptors (Lipinski definition) is 1. The second kappa shape index (κ2) is 7.28. The Hall–Kier alpha value is -0.790. The zero-order valence-corrected chi connectivity index (χ0v) is 13.5. The van der Waals surface area contributed by atoms with Crippen molar-refractivity contribution in [2.24, 2.45) is 23.7 Å². The summed E-state index contributed by atoms with van der Waals surface area (Å²) in [4.78, 5) is 14.6. The van der Waals surface area contributed by atoms with Crippen molar-refractivity contribution in [2.45, 2.75) is 59.3 Å². The molecule has 0 heterocycles. The molecule has 2 nitrogen and oxygen atoms in total. The molecule has 0 radical (unpaired) electrons. The summed E-state index contributed by atoms with van der Waals surface area (Å²) in [6.45, 7) is 8.31. The van der Waals surface area contributed by atoms with Gasteiger partial charge in [0.05, 0.1) is 0 Å². The van der Waals surface area contributed by atoms with E-state index in [1.165, 1.54) is 25.7 Å². The van der Waals surface area contributed by atoms with Crippen molar-refractivity contribution in [1.82, 2.24) is 4.90 Å². The van der Waals surface area contributed by atoms with E-state index in [4.69, 9.17) is 0 Å². The highest BCUT2D eigenvalue weighted by Crippen LogP contribution is 2.48. The molecule has 2 aliphatic rings. The first kappa shape index (κ1) is 15.6. The third-order valence-electron chi connectivity index (χ3n) is 5.19. The van der Waals surface area contributed by atoms with Crippen LogP contribution in [0.3, 0.4) is 0 Å². The maximum Gasteiger partial charge on any atom is 0.225 e. The molecule has 0 spiro atoms. The molecule has 1 amide bonds. The maximum absolute atomic E-state index is 12.4. The molecule has 0 saturated heterocycles. The molecule has 0 aliphatic heterocycles. The molecule has 114 valence electrons. The molecule has 2 rings (SSSR count). The quantitative estimate of drug-likeness (QED) is 0.637. The molecule has 1 fully saturated rings. The Morgan fingerprint density at radius 3 is 2.75 bits per heavy atom. The van der Waals surface area contributed by atoms with Gasteiger partial charge in [0.2, 0.25) is 5.91 Å². The van der Waals surface area contributed by atoms with E-state index < -0.39 is 0 Å². The lowest BCUT2D eigenvalue weighted by molar-refractivity contribution is -0.135. The Morgan fingerprint density at radius 2 is 2.15 bits per heavy atom. The molecule has 2 heteroatoms. The van der Waals surface area contributed by atoms with E-state index >= 15 is 0 Å². The van der Waals surface area contributed by atoms with Crippen LogP contribution in [0.5, 0.6) is 0 Å². The Balaban J connectivity index is 1.83. The zero-order chi connectivity index (χ0) is 14.5. The number of carbonyl (C=O) groups is 1. The number of hydrogen-bond donors (Lipinski definition) is 0. The highest BCUT2D eigenvalue weighted by Gasteiger charge is 2.43. The normalized spacial score (nSPS) is 30.1. The molecule has 4 unspecified atom stereocenters. The van der Waals surface area contributed by atoms with Gasteiger partial charge in [0, 0.05) is 19.0 Å². The summed E-state index contributed by atoms with van der Waals surface area (Å²) in [6.07, 6.45) is 12.0. The van der Waals surface area contributed by atoms with Gasteiger partial charge >= 0.3 is 0 Å². The van der Waals surface area contributed by atoms with Crippen LogP contribution in [0.15, 0.2) is 12.2 Å². The van der Waals surface area contributed by atoms with Crippen LogP contribution in [-0.2, 0) is 4.79 Å². The fourth-order valence-electron chi connectivity index (χ4n) is 3.59. The van der Waals surface area contributed by atoms with Crippen molar-refractivity contribution in [1.29, 1.82) is 0 Å². The average molecular weight is 277 g/mol. The van der Waals surface area contributed by atoms with Gasteiger partial charge in [0.25, 0.3) is 0 Å². The highest BCUT2D eigenvalue weighted by atomic mass is 16.2. The van der Waals surface area contributed by atoms with Crippen LogP contribution in [0.4, 0.5) is 0 Å². The van der Waals surface area contributed by atoms with E-state index in [2.05, 4.69) is 37.8 Å².